The predicted octanol–water partition coefficient (Wildman–Crippen LogP) is 8.67. The van der Waals surface area contributed by atoms with Gasteiger partial charge in [0.05, 0.1) is 34.9 Å². The zero-order valence-corrected chi connectivity index (χ0v) is 33.4. The Labute approximate surface area is 339 Å². The minimum atomic E-state index is -1.04. The average molecular weight is 790 g/mol. The molecule has 3 aliphatic rings. The number of hydrogen-bond donors (Lipinski definition) is 2. The van der Waals surface area contributed by atoms with Crippen LogP contribution in [0.15, 0.2) is 66.7 Å². The fourth-order valence-electron chi connectivity index (χ4n) is 8.09. The molecule has 57 heavy (non-hydrogen) atoms. The zero-order chi connectivity index (χ0) is 39.9. The summed E-state index contributed by atoms with van der Waals surface area (Å²) in [5.74, 6) is 2.00. The number of likely N-dealkylation sites (tertiary alicyclic amines) is 1. The van der Waals surface area contributed by atoms with E-state index >= 15 is 0 Å². The molecule has 0 bridgehead atoms. The average Bonchev–Trinajstić information content (AvgIpc) is 3.63. The van der Waals surface area contributed by atoms with E-state index < -0.39 is 5.67 Å². The van der Waals surface area contributed by atoms with Crippen LogP contribution in [0.2, 0.25) is 5.02 Å². The molecule has 296 valence electrons. The van der Waals surface area contributed by atoms with Crippen LogP contribution in [0.3, 0.4) is 0 Å². The molecule has 9 nitrogen and oxygen atoms in total. The minimum absolute atomic E-state index is 0.0561. The zero-order valence-electron chi connectivity index (χ0n) is 32.6. The van der Waals surface area contributed by atoms with Crippen LogP contribution in [0.5, 0.6) is 17.2 Å². The lowest BCUT2D eigenvalue weighted by atomic mass is 9.93. The van der Waals surface area contributed by atoms with Crippen LogP contribution < -0.4 is 24.8 Å². The number of amides is 1. The molecule has 0 radical (unpaired) electrons. The number of halogens is 2. The number of carbonyl (C=O) groups is 1. The first kappa shape index (κ1) is 40.1. The maximum Gasteiger partial charge on any atom is 0.220 e. The van der Waals surface area contributed by atoms with E-state index in [9.17, 15) is 19.7 Å². The lowest BCUT2D eigenvalue weighted by Gasteiger charge is -2.34. The van der Waals surface area contributed by atoms with Gasteiger partial charge in [-0.2, -0.15) is 10.5 Å². The summed E-state index contributed by atoms with van der Waals surface area (Å²) in [4.78, 5) is 14.1. The summed E-state index contributed by atoms with van der Waals surface area (Å²) >= 11 is 6.95. The van der Waals surface area contributed by atoms with Gasteiger partial charge in [-0.25, -0.2) is 4.39 Å². The molecular formula is C46H49ClFN5O4. The monoisotopic (exact) mass is 789 g/mol. The molecule has 2 N–H and O–H groups in total. The number of nitrogens with zero attached hydrogens (tertiary/aromatic N) is 3. The van der Waals surface area contributed by atoms with Crippen molar-refractivity contribution in [3.8, 4) is 40.5 Å². The number of hydrogen-bond acceptors (Lipinski definition) is 8. The van der Waals surface area contributed by atoms with Crippen molar-refractivity contribution in [1.82, 2.24) is 15.5 Å². The molecule has 4 aromatic rings. The fourth-order valence-corrected chi connectivity index (χ4v) is 8.32. The number of ether oxygens (including phenoxy) is 3. The Bertz CT molecular complexity index is 2140. The molecule has 0 aromatic heterocycles. The highest BCUT2D eigenvalue weighted by Crippen LogP contribution is 2.44. The van der Waals surface area contributed by atoms with E-state index in [0.29, 0.717) is 72.2 Å². The standard InChI is InChI=1S/C46H49ClFN5O4/c1-30-36(6-4-9-41(30)55-19-5-16-53-17-14-46(2,48)15-18-53)37-7-3-8-39-38(37)11-12-42(39)57-44-24-43(56-29-33-21-31(25-49)20-32(22-33)26-50)34(23-40(44)47)27-51-35-10-13-45(54)52-28-35/h3-4,6-9,20-24,35,42,51H,5,10-19,27-29H2,1-2H3,(H,52,54)/t35-,42-/m0/s1. The molecule has 2 saturated heterocycles. The van der Waals surface area contributed by atoms with Gasteiger partial charge in [-0.3, -0.25) is 4.79 Å². The minimum Gasteiger partial charge on any atom is -0.493 e. The first-order chi connectivity index (χ1) is 27.6. The Hall–Kier alpha value is -5.13. The molecule has 4 aromatic carbocycles. The van der Waals surface area contributed by atoms with Crippen molar-refractivity contribution in [2.24, 2.45) is 0 Å². The van der Waals surface area contributed by atoms with Gasteiger partial charge in [0.15, 0.2) is 0 Å². The van der Waals surface area contributed by atoms with Crippen LogP contribution in [0.4, 0.5) is 4.39 Å². The van der Waals surface area contributed by atoms with Crippen LogP contribution >= 0.6 is 11.6 Å². The maximum atomic E-state index is 14.2. The second-order valence-corrected chi connectivity index (χ2v) is 16.1. The number of fused-ring (bicyclic) bond motifs is 1. The van der Waals surface area contributed by atoms with Gasteiger partial charge in [0.2, 0.25) is 5.91 Å². The van der Waals surface area contributed by atoms with Crippen molar-refractivity contribution < 1.29 is 23.4 Å². The first-order valence-electron chi connectivity index (χ1n) is 19.9. The molecule has 2 atom stereocenters. The van der Waals surface area contributed by atoms with Gasteiger partial charge in [-0.15, -0.1) is 0 Å². The molecule has 2 fully saturated rings. The second-order valence-electron chi connectivity index (χ2n) is 15.6. The van der Waals surface area contributed by atoms with Crippen LogP contribution in [-0.4, -0.2) is 55.3 Å². The van der Waals surface area contributed by atoms with Gasteiger partial charge in [-0.05, 0) is 116 Å². The lowest BCUT2D eigenvalue weighted by molar-refractivity contribution is -0.122. The Morgan fingerprint density at radius 2 is 1.70 bits per heavy atom. The summed E-state index contributed by atoms with van der Waals surface area (Å²) in [5, 5.41) is 25.9. The number of nitrogens with one attached hydrogen (secondary N) is 2. The third-order valence-corrected chi connectivity index (χ3v) is 11.7. The van der Waals surface area contributed by atoms with Crippen molar-refractivity contribution in [3.05, 3.63) is 111 Å². The highest BCUT2D eigenvalue weighted by atomic mass is 35.5. The molecule has 1 amide bonds. The van der Waals surface area contributed by atoms with E-state index in [2.05, 4.69) is 58.9 Å². The molecule has 11 heteroatoms. The van der Waals surface area contributed by atoms with Crippen LogP contribution in [0, 0.1) is 29.6 Å². The van der Waals surface area contributed by atoms with E-state index in [1.807, 2.05) is 24.3 Å². The Morgan fingerprint density at radius 3 is 2.44 bits per heavy atom. The summed E-state index contributed by atoms with van der Waals surface area (Å²) in [7, 11) is 0. The molecule has 0 saturated carbocycles. The summed E-state index contributed by atoms with van der Waals surface area (Å²) in [6.45, 7) is 8.04. The van der Waals surface area contributed by atoms with Gasteiger partial charge in [0.25, 0.3) is 0 Å². The number of alkyl halides is 1. The first-order valence-corrected chi connectivity index (χ1v) is 20.3. The second kappa shape index (κ2) is 18.0. The Balaban J connectivity index is 1.07. The quantitative estimate of drug-likeness (QED) is 0.122. The fraction of sp³-hybridized carbons (Fsp3) is 0.413. The van der Waals surface area contributed by atoms with Gasteiger partial charge in [-0.1, -0.05) is 41.9 Å². The molecule has 1 aliphatic carbocycles. The lowest BCUT2D eigenvalue weighted by Crippen LogP contribution is -2.45. The van der Waals surface area contributed by atoms with Gasteiger partial charge < -0.3 is 29.7 Å². The third kappa shape index (κ3) is 9.88. The summed E-state index contributed by atoms with van der Waals surface area (Å²) in [6, 6.07) is 25.6. The number of benzene rings is 4. The van der Waals surface area contributed by atoms with Crippen molar-refractivity contribution in [3.63, 3.8) is 0 Å². The molecule has 0 unspecified atom stereocenters. The van der Waals surface area contributed by atoms with Gasteiger partial charge >= 0.3 is 0 Å². The highest BCUT2D eigenvalue weighted by molar-refractivity contribution is 6.32. The van der Waals surface area contributed by atoms with E-state index in [1.165, 1.54) is 5.56 Å². The van der Waals surface area contributed by atoms with Crippen molar-refractivity contribution in [1.29, 1.82) is 10.5 Å². The van der Waals surface area contributed by atoms with Crippen molar-refractivity contribution in [2.75, 3.05) is 32.8 Å². The predicted molar refractivity (Wildman–Crippen MR) is 218 cm³/mol. The van der Waals surface area contributed by atoms with Crippen LogP contribution in [0.25, 0.3) is 11.1 Å². The summed E-state index contributed by atoms with van der Waals surface area (Å²) in [6.07, 6.45) is 4.65. The molecular weight excluding hydrogens is 741 g/mol. The number of nitriles is 2. The highest BCUT2D eigenvalue weighted by Gasteiger charge is 2.30. The number of piperidine rings is 2. The topological polar surface area (TPSA) is 120 Å². The SMILES string of the molecule is Cc1c(OCCCN2CCC(C)(F)CC2)cccc1-c1cccc2c1CC[C@@H]2Oc1cc(OCc2cc(C#N)cc(C#N)c2)c(CN[C@H]2CCC(=O)NC2)cc1Cl. The Kier molecular flexibility index (Phi) is 12.6. The molecule has 2 heterocycles. The normalized spacial score (nSPS) is 18.9. The van der Waals surface area contributed by atoms with E-state index in [-0.39, 0.29) is 24.7 Å². The third-order valence-electron chi connectivity index (χ3n) is 11.4. The van der Waals surface area contributed by atoms with Crippen LogP contribution in [-0.2, 0) is 24.4 Å². The molecule has 7 rings (SSSR count). The molecule has 0 spiro atoms. The Morgan fingerprint density at radius 1 is 0.947 bits per heavy atom. The van der Waals surface area contributed by atoms with E-state index in [4.69, 9.17) is 25.8 Å². The number of rotatable bonds is 14. The van der Waals surface area contributed by atoms with Gasteiger partial charge in [0, 0.05) is 56.8 Å². The van der Waals surface area contributed by atoms with Gasteiger partial charge in [0.1, 0.15) is 35.6 Å². The van der Waals surface area contributed by atoms with Crippen molar-refractivity contribution in [2.45, 2.75) is 89.8 Å². The summed E-state index contributed by atoms with van der Waals surface area (Å²) in [5.41, 5.74) is 7.00. The number of carbonyl (C=O) groups excluding carboxylic acids is 1. The smallest absolute Gasteiger partial charge is 0.220 e. The largest absolute Gasteiger partial charge is 0.493 e. The van der Waals surface area contributed by atoms with E-state index in [1.54, 1.807) is 25.1 Å². The van der Waals surface area contributed by atoms with E-state index in [0.717, 1.165) is 78.9 Å². The molecule has 2 aliphatic heterocycles. The van der Waals surface area contributed by atoms with Crippen LogP contribution in [0.1, 0.15) is 90.5 Å². The van der Waals surface area contributed by atoms with Crippen molar-refractivity contribution >= 4 is 17.5 Å². The summed E-state index contributed by atoms with van der Waals surface area (Å²) < 4.78 is 33.6. The maximum absolute atomic E-state index is 14.2.